The van der Waals surface area contributed by atoms with E-state index in [0.29, 0.717) is 25.5 Å². The third-order valence-corrected chi connectivity index (χ3v) is 3.25. The van der Waals surface area contributed by atoms with Crippen LogP contribution in [0.2, 0.25) is 0 Å². The lowest BCUT2D eigenvalue weighted by Crippen LogP contribution is -2.48. The summed E-state index contributed by atoms with van der Waals surface area (Å²) >= 11 is 0. The molecule has 2 unspecified atom stereocenters. The number of nitrogens with zero attached hydrogens (tertiary/aromatic N) is 1. The highest BCUT2D eigenvalue weighted by molar-refractivity contribution is 5.86. The molecule has 0 aromatic carbocycles. The third-order valence-electron chi connectivity index (χ3n) is 3.25. The van der Waals surface area contributed by atoms with E-state index < -0.39 is 5.97 Å². The second-order valence-electron chi connectivity index (χ2n) is 4.67. The second kappa shape index (κ2) is 6.18. The maximum absolute atomic E-state index is 11.3. The second-order valence-corrected chi connectivity index (χ2v) is 4.67. The van der Waals surface area contributed by atoms with E-state index in [9.17, 15) is 4.79 Å². The molecule has 2 heterocycles. The molecule has 1 aromatic rings. The lowest BCUT2D eigenvalue weighted by molar-refractivity contribution is -0.0820. The van der Waals surface area contributed by atoms with Gasteiger partial charge < -0.3 is 19.0 Å². The summed E-state index contributed by atoms with van der Waals surface area (Å²) in [6.07, 6.45) is -0.161. The van der Waals surface area contributed by atoms with Crippen LogP contribution in [0.1, 0.15) is 23.2 Å². The van der Waals surface area contributed by atoms with E-state index in [2.05, 4.69) is 16.6 Å². The molecule has 106 valence electrons. The number of methoxy groups -OCH3 is 1. The minimum absolute atomic E-state index is 0.00872. The minimum Gasteiger partial charge on any atom is -0.463 e. The van der Waals surface area contributed by atoms with Crippen molar-refractivity contribution in [1.29, 1.82) is 0 Å². The van der Waals surface area contributed by atoms with Crippen LogP contribution in [0.3, 0.4) is 0 Å². The fraction of sp³-hybridized carbons (Fsp3) is 0.615. The molecule has 1 aliphatic rings. The highest BCUT2D eigenvalue weighted by atomic mass is 16.5. The molecule has 1 aromatic heterocycles. The fourth-order valence-corrected chi connectivity index (χ4v) is 2.08. The van der Waals surface area contributed by atoms with Crippen LogP contribution < -0.4 is 0 Å². The molecule has 2 rings (SSSR count). The number of aliphatic hydroxyl groups excluding tert-OH is 1. The SMILES string of the molecule is COC(=O)c1ccc(CN2CC(CO)OCC2C)o1. The van der Waals surface area contributed by atoms with Crippen molar-refractivity contribution in [3.05, 3.63) is 23.7 Å². The van der Waals surface area contributed by atoms with E-state index in [-0.39, 0.29) is 24.5 Å². The minimum atomic E-state index is -0.477. The van der Waals surface area contributed by atoms with E-state index in [1.165, 1.54) is 7.11 Å². The van der Waals surface area contributed by atoms with Crippen molar-refractivity contribution in [2.24, 2.45) is 0 Å². The predicted molar refractivity (Wildman–Crippen MR) is 66.7 cm³/mol. The van der Waals surface area contributed by atoms with Crippen LogP contribution in [0.25, 0.3) is 0 Å². The number of ether oxygens (including phenoxy) is 2. The van der Waals surface area contributed by atoms with Crippen LogP contribution in [0, 0.1) is 0 Å². The quantitative estimate of drug-likeness (QED) is 0.809. The van der Waals surface area contributed by atoms with E-state index in [1.807, 2.05) is 0 Å². The van der Waals surface area contributed by atoms with Gasteiger partial charge >= 0.3 is 5.97 Å². The molecular weight excluding hydrogens is 250 g/mol. The first-order chi connectivity index (χ1) is 9.13. The van der Waals surface area contributed by atoms with Crippen molar-refractivity contribution >= 4 is 5.97 Å². The highest BCUT2D eigenvalue weighted by Gasteiger charge is 2.26. The van der Waals surface area contributed by atoms with E-state index in [1.54, 1.807) is 12.1 Å². The van der Waals surface area contributed by atoms with Gasteiger partial charge in [0.2, 0.25) is 5.76 Å². The number of esters is 1. The van der Waals surface area contributed by atoms with Crippen LogP contribution in [-0.4, -0.2) is 55.0 Å². The number of aliphatic hydroxyl groups is 1. The number of carbonyl (C=O) groups excluding carboxylic acids is 1. The maximum Gasteiger partial charge on any atom is 0.373 e. The predicted octanol–water partition coefficient (Wildman–Crippen LogP) is 0.648. The number of carbonyl (C=O) groups is 1. The molecule has 0 aliphatic carbocycles. The summed E-state index contributed by atoms with van der Waals surface area (Å²) in [5.74, 6) is 0.428. The Morgan fingerprint density at radius 3 is 3.05 bits per heavy atom. The summed E-state index contributed by atoms with van der Waals surface area (Å²) < 4.78 is 15.5. The van der Waals surface area contributed by atoms with Gasteiger partial charge in [-0.3, -0.25) is 4.90 Å². The Balaban J connectivity index is 1.99. The van der Waals surface area contributed by atoms with Gasteiger partial charge in [0.1, 0.15) is 5.76 Å². The topological polar surface area (TPSA) is 72.1 Å². The zero-order chi connectivity index (χ0) is 13.8. The summed E-state index contributed by atoms with van der Waals surface area (Å²) in [5.41, 5.74) is 0. The molecule has 1 N–H and O–H groups in total. The number of morpholine rings is 1. The van der Waals surface area contributed by atoms with Gasteiger partial charge in [0.15, 0.2) is 0 Å². The summed E-state index contributed by atoms with van der Waals surface area (Å²) in [6.45, 7) is 3.87. The van der Waals surface area contributed by atoms with Gasteiger partial charge in [0, 0.05) is 12.6 Å². The van der Waals surface area contributed by atoms with Crippen molar-refractivity contribution < 1.29 is 23.8 Å². The summed E-state index contributed by atoms with van der Waals surface area (Å²) in [4.78, 5) is 13.5. The van der Waals surface area contributed by atoms with Crippen molar-refractivity contribution in [2.45, 2.75) is 25.6 Å². The van der Waals surface area contributed by atoms with Crippen LogP contribution in [-0.2, 0) is 16.0 Å². The molecule has 1 aliphatic heterocycles. The largest absolute Gasteiger partial charge is 0.463 e. The van der Waals surface area contributed by atoms with Crippen LogP contribution in [0.4, 0.5) is 0 Å². The summed E-state index contributed by atoms with van der Waals surface area (Å²) in [5, 5.41) is 9.13. The monoisotopic (exact) mass is 269 g/mol. The van der Waals surface area contributed by atoms with Crippen molar-refractivity contribution in [1.82, 2.24) is 4.90 Å². The number of hydrogen-bond acceptors (Lipinski definition) is 6. The molecule has 6 heteroatoms. The Hall–Kier alpha value is -1.37. The number of hydrogen-bond donors (Lipinski definition) is 1. The molecule has 19 heavy (non-hydrogen) atoms. The fourth-order valence-electron chi connectivity index (χ4n) is 2.08. The Kier molecular flexibility index (Phi) is 4.57. The number of furan rings is 1. The Labute approximate surface area is 111 Å². The molecule has 1 saturated heterocycles. The van der Waals surface area contributed by atoms with Crippen LogP contribution >= 0.6 is 0 Å². The van der Waals surface area contributed by atoms with Gasteiger partial charge in [-0.15, -0.1) is 0 Å². The molecule has 1 fully saturated rings. The summed E-state index contributed by atoms with van der Waals surface area (Å²) in [7, 11) is 1.32. The van der Waals surface area contributed by atoms with Crippen molar-refractivity contribution in [2.75, 3.05) is 26.9 Å². The molecule has 6 nitrogen and oxygen atoms in total. The van der Waals surface area contributed by atoms with Crippen LogP contribution in [0.5, 0.6) is 0 Å². The van der Waals surface area contributed by atoms with E-state index in [4.69, 9.17) is 14.3 Å². The Morgan fingerprint density at radius 2 is 2.37 bits per heavy atom. The van der Waals surface area contributed by atoms with E-state index >= 15 is 0 Å². The Bertz CT molecular complexity index is 430. The highest BCUT2D eigenvalue weighted by Crippen LogP contribution is 2.17. The normalized spacial score (nSPS) is 24.4. The van der Waals surface area contributed by atoms with Crippen molar-refractivity contribution in [3.63, 3.8) is 0 Å². The van der Waals surface area contributed by atoms with Gasteiger partial charge in [-0.1, -0.05) is 0 Å². The molecule has 0 radical (unpaired) electrons. The van der Waals surface area contributed by atoms with Gasteiger partial charge in [0.05, 0.1) is 33.0 Å². The molecular formula is C13H19NO5. The van der Waals surface area contributed by atoms with Gasteiger partial charge in [-0.25, -0.2) is 4.79 Å². The van der Waals surface area contributed by atoms with Gasteiger partial charge in [-0.05, 0) is 19.1 Å². The lowest BCUT2D eigenvalue weighted by atomic mass is 10.2. The van der Waals surface area contributed by atoms with Gasteiger partial charge in [0.25, 0.3) is 0 Å². The first-order valence-corrected chi connectivity index (χ1v) is 6.27. The zero-order valence-electron chi connectivity index (χ0n) is 11.2. The van der Waals surface area contributed by atoms with Crippen molar-refractivity contribution in [3.8, 4) is 0 Å². The van der Waals surface area contributed by atoms with E-state index in [0.717, 1.165) is 0 Å². The first kappa shape index (κ1) is 14.0. The molecule has 0 amide bonds. The molecule has 0 spiro atoms. The Morgan fingerprint density at radius 1 is 1.58 bits per heavy atom. The maximum atomic E-state index is 11.3. The first-order valence-electron chi connectivity index (χ1n) is 6.27. The molecule has 0 saturated carbocycles. The smallest absolute Gasteiger partial charge is 0.373 e. The van der Waals surface area contributed by atoms with Crippen LogP contribution in [0.15, 0.2) is 16.5 Å². The standard InChI is InChI=1S/C13H19NO5/c1-9-8-18-11(7-15)6-14(9)5-10-3-4-12(19-10)13(16)17-2/h3-4,9,11,15H,5-8H2,1-2H3. The number of rotatable bonds is 4. The zero-order valence-corrected chi connectivity index (χ0v) is 11.2. The van der Waals surface area contributed by atoms with Gasteiger partial charge in [-0.2, -0.15) is 0 Å². The third kappa shape index (κ3) is 3.34. The lowest BCUT2D eigenvalue weighted by Gasteiger charge is -2.36. The molecule has 2 atom stereocenters. The average molecular weight is 269 g/mol. The summed E-state index contributed by atoms with van der Waals surface area (Å²) in [6, 6.07) is 3.62. The molecule has 0 bridgehead atoms. The average Bonchev–Trinajstić information content (AvgIpc) is 2.89.